The van der Waals surface area contributed by atoms with Crippen molar-refractivity contribution in [3.8, 4) is 11.3 Å². The zero-order valence-corrected chi connectivity index (χ0v) is 19.8. The highest BCUT2D eigenvalue weighted by Gasteiger charge is 2.27. The Kier molecular flexibility index (Phi) is 7.93. The Morgan fingerprint density at radius 2 is 2.06 bits per heavy atom. The van der Waals surface area contributed by atoms with Gasteiger partial charge in [-0.3, -0.25) is 14.6 Å². The molecule has 0 aliphatic carbocycles. The molecule has 2 aromatic rings. The van der Waals surface area contributed by atoms with E-state index in [0.29, 0.717) is 23.2 Å². The van der Waals surface area contributed by atoms with E-state index in [1.807, 2.05) is 24.3 Å². The van der Waals surface area contributed by atoms with Crippen LogP contribution >= 0.6 is 11.6 Å². The van der Waals surface area contributed by atoms with Crippen LogP contribution < -0.4 is 5.32 Å². The second-order valence-corrected chi connectivity index (χ2v) is 9.35. The molecule has 0 aromatic carbocycles. The van der Waals surface area contributed by atoms with E-state index in [4.69, 9.17) is 21.3 Å². The summed E-state index contributed by atoms with van der Waals surface area (Å²) in [7, 11) is 0. The zero-order valence-electron chi connectivity index (χ0n) is 19.1. The van der Waals surface area contributed by atoms with Gasteiger partial charge < -0.3 is 15.0 Å². The number of aromatic nitrogens is 2. The molecule has 4 heterocycles. The molecule has 0 radical (unpaired) electrons. The first-order chi connectivity index (χ1) is 16.0. The summed E-state index contributed by atoms with van der Waals surface area (Å²) in [5.41, 5.74) is 2.17. The smallest absolute Gasteiger partial charge is 0.219 e. The van der Waals surface area contributed by atoms with E-state index in [2.05, 4.69) is 10.3 Å². The molecule has 2 aliphatic rings. The molecule has 2 fully saturated rings. The summed E-state index contributed by atoms with van der Waals surface area (Å²) in [4.78, 5) is 35.5. The number of carbonyl (C=O) groups is 2. The lowest BCUT2D eigenvalue weighted by atomic mass is 9.91. The first kappa shape index (κ1) is 23.6. The fourth-order valence-electron chi connectivity index (χ4n) is 4.51. The molecular formula is C25H31ClN4O3. The second kappa shape index (κ2) is 11.1. The van der Waals surface area contributed by atoms with Crippen molar-refractivity contribution in [2.45, 2.75) is 39.0 Å². The van der Waals surface area contributed by atoms with Crippen molar-refractivity contribution in [3.05, 3.63) is 41.2 Å². The van der Waals surface area contributed by atoms with Gasteiger partial charge in [-0.25, -0.2) is 4.98 Å². The van der Waals surface area contributed by atoms with Crippen molar-refractivity contribution in [3.63, 3.8) is 0 Å². The van der Waals surface area contributed by atoms with Crippen LogP contribution in [0.25, 0.3) is 11.3 Å². The molecule has 0 unspecified atom stereocenters. The maximum Gasteiger partial charge on any atom is 0.219 e. The van der Waals surface area contributed by atoms with Gasteiger partial charge >= 0.3 is 0 Å². The van der Waals surface area contributed by atoms with Crippen LogP contribution in [0.3, 0.4) is 0 Å². The van der Waals surface area contributed by atoms with Gasteiger partial charge in [-0.1, -0.05) is 17.7 Å². The highest BCUT2D eigenvalue weighted by atomic mass is 35.5. The second-order valence-electron chi connectivity index (χ2n) is 8.95. The highest BCUT2D eigenvalue weighted by molar-refractivity contribution is 6.33. The topological polar surface area (TPSA) is 84.4 Å². The van der Waals surface area contributed by atoms with Crippen molar-refractivity contribution < 1.29 is 14.3 Å². The molecule has 0 spiro atoms. The number of likely N-dealkylation sites (tertiary alicyclic amines) is 1. The first-order valence-electron chi connectivity index (χ1n) is 11.7. The molecule has 1 atom stereocenters. The largest absolute Gasteiger partial charge is 0.381 e. The van der Waals surface area contributed by atoms with E-state index in [0.717, 1.165) is 69.1 Å². The fraction of sp³-hybridized carbons (Fsp3) is 0.520. The number of carbonyl (C=O) groups excluding carboxylic acids is 2. The Balaban J connectivity index is 1.43. The van der Waals surface area contributed by atoms with Crippen molar-refractivity contribution >= 4 is 29.1 Å². The van der Waals surface area contributed by atoms with Gasteiger partial charge in [-0.05, 0) is 49.8 Å². The lowest BCUT2D eigenvalue weighted by Crippen LogP contribution is -2.41. The Morgan fingerprint density at radius 1 is 1.24 bits per heavy atom. The zero-order chi connectivity index (χ0) is 23.2. The molecule has 7 nitrogen and oxygen atoms in total. The van der Waals surface area contributed by atoms with Gasteiger partial charge in [0.2, 0.25) is 5.91 Å². The molecule has 0 saturated carbocycles. The number of ether oxygens (including phenoxy) is 1. The van der Waals surface area contributed by atoms with Gasteiger partial charge in [0.25, 0.3) is 0 Å². The number of Topliss-reactive ketones (excluding diaryl/α,β-unsaturated/α-hetero) is 1. The number of halogens is 1. The average molecular weight is 471 g/mol. The van der Waals surface area contributed by atoms with Gasteiger partial charge in [-0.15, -0.1) is 0 Å². The van der Waals surface area contributed by atoms with Crippen LogP contribution in [0.15, 0.2) is 30.5 Å². The van der Waals surface area contributed by atoms with Crippen molar-refractivity contribution in [2.75, 3.05) is 38.2 Å². The number of piperidine rings is 1. The Morgan fingerprint density at radius 3 is 2.85 bits per heavy atom. The number of nitrogens with one attached hydrogen (secondary N) is 1. The predicted octanol–water partition coefficient (Wildman–Crippen LogP) is 4.01. The lowest BCUT2D eigenvalue weighted by Gasteiger charge is -2.31. The number of anilines is 1. The number of ketones is 1. The molecule has 33 heavy (non-hydrogen) atoms. The van der Waals surface area contributed by atoms with Gasteiger partial charge in [0, 0.05) is 69.6 Å². The average Bonchev–Trinajstić information content (AvgIpc) is 2.85. The molecule has 1 N–H and O–H groups in total. The van der Waals surface area contributed by atoms with E-state index in [1.165, 1.54) is 0 Å². The van der Waals surface area contributed by atoms with Crippen LogP contribution in [0.5, 0.6) is 0 Å². The molecule has 4 rings (SSSR count). The predicted molar refractivity (Wildman–Crippen MR) is 128 cm³/mol. The summed E-state index contributed by atoms with van der Waals surface area (Å²) >= 11 is 6.46. The number of nitrogens with zero attached hydrogens (tertiary/aromatic N) is 3. The molecule has 0 bridgehead atoms. The Labute approximate surface area is 199 Å². The van der Waals surface area contributed by atoms with Gasteiger partial charge in [0.1, 0.15) is 11.6 Å². The summed E-state index contributed by atoms with van der Waals surface area (Å²) in [5.74, 6) is 1.39. The van der Waals surface area contributed by atoms with Crippen LogP contribution in [0.2, 0.25) is 5.02 Å². The third-order valence-corrected chi connectivity index (χ3v) is 6.83. The summed E-state index contributed by atoms with van der Waals surface area (Å²) < 4.78 is 5.43. The summed E-state index contributed by atoms with van der Waals surface area (Å²) in [6, 6.07) is 7.68. The van der Waals surface area contributed by atoms with E-state index in [1.54, 1.807) is 18.0 Å². The number of pyridine rings is 2. The minimum atomic E-state index is -0.139. The maximum atomic E-state index is 12.9. The highest BCUT2D eigenvalue weighted by Crippen LogP contribution is 2.28. The van der Waals surface area contributed by atoms with Crippen LogP contribution in [-0.2, 0) is 20.7 Å². The van der Waals surface area contributed by atoms with E-state index in [9.17, 15) is 9.59 Å². The number of rotatable bonds is 7. The van der Waals surface area contributed by atoms with Crippen molar-refractivity contribution in [1.29, 1.82) is 0 Å². The van der Waals surface area contributed by atoms with Crippen LogP contribution in [-0.4, -0.2) is 59.4 Å². The molecule has 2 aromatic heterocycles. The van der Waals surface area contributed by atoms with Gasteiger partial charge in [-0.2, -0.15) is 0 Å². The molecule has 2 aliphatic heterocycles. The van der Waals surface area contributed by atoms with Crippen LogP contribution in [0, 0.1) is 11.8 Å². The molecule has 2 saturated heterocycles. The Hall–Kier alpha value is -2.51. The number of amides is 1. The Bertz CT molecular complexity index is 993. The maximum absolute atomic E-state index is 12.9. The lowest BCUT2D eigenvalue weighted by molar-refractivity contribution is -0.133. The number of hydrogen-bond acceptors (Lipinski definition) is 6. The van der Waals surface area contributed by atoms with E-state index < -0.39 is 0 Å². The van der Waals surface area contributed by atoms with Crippen LogP contribution in [0.4, 0.5) is 5.82 Å². The molecular weight excluding hydrogens is 440 g/mol. The first-order valence-corrected chi connectivity index (χ1v) is 12.1. The third kappa shape index (κ3) is 6.30. The fourth-order valence-corrected chi connectivity index (χ4v) is 4.71. The number of hydrogen-bond donors (Lipinski definition) is 1. The minimum absolute atomic E-state index is 0.0239. The minimum Gasteiger partial charge on any atom is -0.381 e. The molecule has 8 heteroatoms. The third-order valence-electron chi connectivity index (χ3n) is 6.53. The summed E-state index contributed by atoms with van der Waals surface area (Å²) in [6.45, 7) is 5.29. The SMILES string of the molecule is CC(=O)N1CCC[C@@H](C(=O)Cc2cc(-c3cccc(NCC4CCOCC4)n3)c(Cl)cn2)C1. The summed E-state index contributed by atoms with van der Waals surface area (Å²) in [5, 5.41) is 3.94. The monoisotopic (exact) mass is 470 g/mol. The summed E-state index contributed by atoms with van der Waals surface area (Å²) in [6.07, 6.45) is 5.60. The van der Waals surface area contributed by atoms with Gasteiger partial charge in [0.05, 0.1) is 10.7 Å². The molecule has 1 amide bonds. The van der Waals surface area contributed by atoms with E-state index >= 15 is 0 Å². The van der Waals surface area contributed by atoms with Crippen molar-refractivity contribution in [2.24, 2.45) is 11.8 Å². The van der Waals surface area contributed by atoms with E-state index in [-0.39, 0.29) is 24.0 Å². The molecule has 176 valence electrons. The van der Waals surface area contributed by atoms with Gasteiger partial charge in [0.15, 0.2) is 0 Å². The standard InChI is InChI=1S/C25H31ClN4O3/c1-17(31)30-9-3-4-19(16-30)24(32)13-20-12-21(22(26)15-27-20)23-5-2-6-25(29-23)28-14-18-7-10-33-11-8-18/h2,5-6,12,15,18-19H,3-4,7-11,13-14,16H2,1H3,(H,28,29)/t19-/m1/s1. The van der Waals surface area contributed by atoms with Crippen LogP contribution in [0.1, 0.15) is 38.3 Å². The van der Waals surface area contributed by atoms with Crippen molar-refractivity contribution in [1.82, 2.24) is 14.9 Å². The normalized spacial score (nSPS) is 19.3. The quantitative estimate of drug-likeness (QED) is 0.658.